The third kappa shape index (κ3) is 5.63. The van der Waals surface area contributed by atoms with Crippen LogP contribution in [-0.2, 0) is 16.4 Å². The number of amides is 1. The number of aryl methyl sites for hydroxylation is 1. The van der Waals surface area contributed by atoms with Gasteiger partial charge in [-0.15, -0.1) is 10.2 Å². The number of sulfonamides is 1. The van der Waals surface area contributed by atoms with E-state index in [1.807, 2.05) is 0 Å². The summed E-state index contributed by atoms with van der Waals surface area (Å²) in [6, 6.07) is 12.6. The third-order valence-corrected chi connectivity index (χ3v) is 7.55. The fourth-order valence-electron chi connectivity index (χ4n) is 2.99. The molecule has 170 valence electrons. The zero-order valence-electron chi connectivity index (χ0n) is 18.2. The first kappa shape index (κ1) is 23.7. The molecule has 0 spiro atoms. The minimum Gasteiger partial charge on any atom is -0.497 e. The summed E-state index contributed by atoms with van der Waals surface area (Å²) in [5, 5.41) is 12.1. The Morgan fingerprint density at radius 3 is 2.56 bits per heavy atom. The average molecular weight is 475 g/mol. The summed E-state index contributed by atoms with van der Waals surface area (Å²) in [5.74, 6) is 0.189. The Labute approximate surface area is 192 Å². The number of anilines is 2. The number of ether oxygens (including phenoxy) is 1. The highest BCUT2D eigenvalue weighted by Crippen LogP contribution is 2.25. The fourth-order valence-corrected chi connectivity index (χ4v) is 5.01. The van der Waals surface area contributed by atoms with E-state index in [0.29, 0.717) is 16.6 Å². The maximum absolute atomic E-state index is 13.1. The van der Waals surface area contributed by atoms with Crippen molar-refractivity contribution >= 4 is 38.1 Å². The Kier molecular flexibility index (Phi) is 7.81. The lowest BCUT2D eigenvalue weighted by Gasteiger charge is -2.20. The summed E-state index contributed by atoms with van der Waals surface area (Å²) in [7, 11) is -0.856. The fraction of sp³-hybridized carbons (Fsp3) is 0.318. The van der Waals surface area contributed by atoms with Crippen molar-refractivity contribution in [2.45, 2.75) is 37.5 Å². The van der Waals surface area contributed by atoms with Gasteiger partial charge in [-0.1, -0.05) is 37.2 Å². The number of hydrogen-bond acceptors (Lipinski definition) is 7. The maximum Gasteiger partial charge on any atom is 0.264 e. The van der Waals surface area contributed by atoms with Crippen LogP contribution >= 0.6 is 11.3 Å². The van der Waals surface area contributed by atoms with Crippen LogP contribution in [0, 0.1) is 0 Å². The molecule has 0 radical (unpaired) electrons. The van der Waals surface area contributed by atoms with Gasteiger partial charge in [-0.05, 0) is 48.9 Å². The predicted octanol–water partition coefficient (Wildman–Crippen LogP) is 4.36. The van der Waals surface area contributed by atoms with Gasteiger partial charge in [0.1, 0.15) is 10.8 Å². The number of benzene rings is 2. The number of nitrogens with one attached hydrogen (secondary N) is 1. The Morgan fingerprint density at radius 1 is 1.12 bits per heavy atom. The second-order valence-corrected chi connectivity index (χ2v) is 10.1. The van der Waals surface area contributed by atoms with Gasteiger partial charge in [0.15, 0.2) is 0 Å². The van der Waals surface area contributed by atoms with Crippen molar-refractivity contribution in [2.24, 2.45) is 0 Å². The van der Waals surface area contributed by atoms with Gasteiger partial charge >= 0.3 is 0 Å². The standard InChI is InChI=1S/C22H26N4O4S2/c1-4-5-6-10-20-24-25-22(31-20)23-21(27)16-8-7-9-19(15-16)32(28,29)26(2)17-11-13-18(30-3)14-12-17/h7-9,11-15H,4-6,10H2,1-3H3,(H,23,25,27). The topological polar surface area (TPSA) is 101 Å². The molecule has 1 heterocycles. The molecular formula is C22H26N4O4S2. The minimum absolute atomic E-state index is 0.0148. The molecule has 0 fully saturated rings. The molecule has 32 heavy (non-hydrogen) atoms. The van der Waals surface area contributed by atoms with E-state index in [0.717, 1.165) is 35.0 Å². The highest BCUT2D eigenvalue weighted by atomic mass is 32.2. The van der Waals surface area contributed by atoms with Gasteiger partial charge in [0.25, 0.3) is 15.9 Å². The Balaban J connectivity index is 1.74. The van der Waals surface area contributed by atoms with E-state index in [2.05, 4.69) is 22.4 Å². The van der Waals surface area contributed by atoms with E-state index >= 15 is 0 Å². The van der Waals surface area contributed by atoms with Crippen LogP contribution in [0.1, 0.15) is 41.6 Å². The summed E-state index contributed by atoms with van der Waals surface area (Å²) >= 11 is 1.33. The largest absolute Gasteiger partial charge is 0.497 e. The Bertz CT molecular complexity index is 1160. The van der Waals surface area contributed by atoms with Crippen molar-refractivity contribution in [1.29, 1.82) is 0 Å². The molecule has 0 aliphatic rings. The van der Waals surface area contributed by atoms with Crippen molar-refractivity contribution in [3.05, 3.63) is 59.1 Å². The van der Waals surface area contributed by atoms with Gasteiger partial charge in [0.05, 0.1) is 17.7 Å². The molecular weight excluding hydrogens is 448 g/mol. The normalized spacial score (nSPS) is 11.2. The maximum atomic E-state index is 13.1. The lowest BCUT2D eigenvalue weighted by Crippen LogP contribution is -2.26. The number of carbonyl (C=O) groups is 1. The number of hydrogen-bond donors (Lipinski definition) is 1. The SMILES string of the molecule is CCCCCc1nnc(NC(=O)c2cccc(S(=O)(=O)N(C)c3ccc(OC)cc3)c2)s1. The molecule has 2 aromatic carbocycles. The average Bonchev–Trinajstić information content (AvgIpc) is 3.26. The van der Waals surface area contributed by atoms with Crippen molar-refractivity contribution in [1.82, 2.24) is 10.2 Å². The molecule has 0 saturated heterocycles. The molecule has 1 amide bonds. The second kappa shape index (κ2) is 10.6. The quantitative estimate of drug-likeness (QED) is 0.438. The minimum atomic E-state index is -3.86. The third-order valence-electron chi connectivity index (χ3n) is 4.87. The molecule has 1 N–H and O–H groups in total. The van der Waals surface area contributed by atoms with Gasteiger partial charge in [-0.2, -0.15) is 0 Å². The van der Waals surface area contributed by atoms with Gasteiger partial charge in [0, 0.05) is 19.0 Å². The highest BCUT2D eigenvalue weighted by molar-refractivity contribution is 7.92. The molecule has 0 aliphatic carbocycles. The van der Waals surface area contributed by atoms with E-state index in [-0.39, 0.29) is 10.5 Å². The van der Waals surface area contributed by atoms with Crippen molar-refractivity contribution in [3.8, 4) is 5.75 Å². The van der Waals surface area contributed by atoms with Crippen LogP contribution in [0.3, 0.4) is 0 Å². The first-order valence-electron chi connectivity index (χ1n) is 10.2. The zero-order chi connectivity index (χ0) is 23.1. The van der Waals surface area contributed by atoms with Crippen LogP contribution in [-0.4, -0.2) is 38.7 Å². The summed E-state index contributed by atoms with van der Waals surface area (Å²) in [5.41, 5.74) is 0.696. The Hall–Kier alpha value is -2.98. The molecule has 3 aromatic rings. The number of methoxy groups -OCH3 is 1. The molecule has 0 aliphatic heterocycles. The van der Waals surface area contributed by atoms with Crippen LogP contribution in [0.5, 0.6) is 5.75 Å². The van der Waals surface area contributed by atoms with Crippen molar-refractivity contribution < 1.29 is 17.9 Å². The summed E-state index contributed by atoms with van der Waals surface area (Å²) in [6.45, 7) is 2.13. The van der Waals surface area contributed by atoms with Gasteiger partial charge < -0.3 is 4.74 Å². The summed E-state index contributed by atoms with van der Waals surface area (Å²) < 4.78 is 32.5. The van der Waals surface area contributed by atoms with Crippen LogP contribution < -0.4 is 14.4 Å². The number of unbranched alkanes of at least 4 members (excludes halogenated alkanes) is 2. The first-order valence-corrected chi connectivity index (χ1v) is 12.5. The number of rotatable bonds is 10. The van der Waals surface area contributed by atoms with E-state index in [4.69, 9.17) is 4.74 Å². The molecule has 3 rings (SSSR count). The van der Waals surface area contributed by atoms with Crippen LogP contribution in [0.25, 0.3) is 0 Å². The van der Waals surface area contributed by atoms with Gasteiger partial charge in [-0.3, -0.25) is 14.4 Å². The molecule has 0 bridgehead atoms. The zero-order valence-corrected chi connectivity index (χ0v) is 19.9. The molecule has 10 heteroatoms. The molecule has 1 aromatic heterocycles. The van der Waals surface area contributed by atoms with Crippen molar-refractivity contribution in [3.63, 3.8) is 0 Å². The number of nitrogens with zero attached hydrogens (tertiary/aromatic N) is 3. The Morgan fingerprint density at radius 2 is 1.88 bits per heavy atom. The molecule has 8 nitrogen and oxygen atoms in total. The lowest BCUT2D eigenvalue weighted by molar-refractivity contribution is 0.102. The lowest BCUT2D eigenvalue weighted by atomic mass is 10.2. The summed E-state index contributed by atoms with van der Waals surface area (Å²) in [6.07, 6.45) is 4.09. The van der Waals surface area contributed by atoms with Crippen molar-refractivity contribution in [2.75, 3.05) is 23.8 Å². The van der Waals surface area contributed by atoms with E-state index in [1.165, 1.54) is 30.5 Å². The van der Waals surface area contributed by atoms with Crippen LogP contribution in [0.2, 0.25) is 0 Å². The molecule has 0 saturated carbocycles. The van der Waals surface area contributed by atoms with Gasteiger partial charge in [-0.25, -0.2) is 8.42 Å². The van der Waals surface area contributed by atoms with Crippen LogP contribution in [0.15, 0.2) is 53.4 Å². The molecule has 0 unspecified atom stereocenters. The van der Waals surface area contributed by atoms with E-state index in [9.17, 15) is 13.2 Å². The predicted molar refractivity (Wildman–Crippen MR) is 126 cm³/mol. The summed E-state index contributed by atoms with van der Waals surface area (Å²) in [4.78, 5) is 12.7. The monoisotopic (exact) mass is 474 g/mol. The van der Waals surface area contributed by atoms with Crippen LogP contribution in [0.4, 0.5) is 10.8 Å². The smallest absolute Gasteiger partial charge is 0.264 e. The highest BCUT2D eigenvalue weighted by Gasteiger charge is 2.23. The van der Waals surface area contributed by atoms with Gasteiger partial charge in [0.2, 0.25) is 5.13 Å². The van der Waals surface area contributed by atoms with E-state index < -0.39 is 15.9 Å². The second-order valence-electron chi connectivity index (χ2n) is 7.11. The number of carbonyl (C=O) groups excluding carboxylic acids is 1. The molecule has 0 atom stereocenters. The van der Waals surface area contributed by atoms with E-state index in [1.54, 1.807) is 43.5 Å². The number of aromatic nitrogens is 2. The first-order chi connectivity index (χ1) is 15.3.